The highest BCUT2D eigenvalue weighted by molar-refractivity contribution is 7.92. The van der Waals surface area contributed by atoms with Crippen LogP contribution < -0.4 is 14.4 Å². The fraction of sp³-hybridized carbons (Fsp3) is 0.500. The number of hydrogen-bond acceptors (Lipinski definition) is 4. The predicted octanol–water partition coefficient (Wildman–Crippen LogP) is 1.13. The maximum absolute atomic E-state index is 12.1. The molecule has 1 aromatic rings. The van der Waals surface area contributed by atoms with E-state index in [1.54, 1.807) is 24.3 Å². The van der Waals surface area contributed by atoms with Gasteiger partial charge in [0.05, 0.1) is 11.9 Å². The fourth-order valence-corrected chi connectivity index (χ4v) is 3.17. The lowest BCUT2D eigenvalue weighted by Gasteiger charge is -2.20. The molecular formula is C14H20N2O4S. The maximum atomic E-state index is 12.1. The van der Waals surface area contributed by atoms with Gasteiger partial charge in [-0.25, -0.2) is 8.42 Å². The van der Waals surface area contributed by atoms with Crippen molar-refractivity contribution < 1.29 is 17.9 Å². The topological polar surface area (TPSA) is 75.7 Å². The summed E-state index contributed by atoms with van der Waals surface area (Å²) in [6.07, 6.45) is 1.63. The molecule has 1 aliphatic rings. The summed E-state index contributed by atoms with van der Waals surface area (Å²) < 4.78 is 30.9. The number of nitrogens with one attached hydrogen (secondary N) is 1. The van der Waals surface area contributed by atoms with Gasteiger partial charge in [0.1, 0.15) is 5.75 Å². The lowest BCUT2D eigenvalue weighted by molar-refractivity contribution is -0.128. The van der Waals surface area contributed by atoms with Crippen LogP contribution in [0.2, 0.25) is 0 Å². The zero-order chi connectivity index (χ0) is 15.5. The first-order valence-corrected chi connectivity index (χ1v) is 8.79. The Bertz CT molecular complexity index is 615. The first-order chi connectivity index (χ1) is 9.93. The molecule has 1 atom stereocenters. The van der Waals surface area contributed by atoms with Crippen molar-refractivity contribution in [2.24, 2.45) is 0 Å². The molecule has 1 aliphatic heterocycles. The van der Waals surface area contributed by atoms with Crippen molar-refractivity contribution in [2.45, 2.75) is 25.9 Å². The number of nitrogens with zero attached hydrogens (tertiary/aromatic N) is 1. The Hall–Kier alpha value is -1.76. The number of para-hydroxylation sites is 2. The van der Waals surface area contributed by atoms with E-state index >= 15 is 0 Å². The minimum atomic E-state index is -3.41. The Kier molecular flexibility index (Phi) is 4.72. The SMILES string of the molecule is CCCNC(=O)[C@H]1CCN(S(C)(=O)=O)c2ccccc2O1. The third kappa shape index (κ3) is 3.66. The quantitative estimate of drug-likeness (QED) is 0.904. The van der Waals surface area contributed by atoms with Crippen molar-refractivity contribution in [3.05, 3.63) is 24.3 Å². The molecule has 1 amide bonds. The van der Waals surface area contributed by atoms with E-state index in [0.717, 1.165) is 12.7 Å². The lowest BCUT2D eigenvalue weighted by atomic mass is 10.2. The van der Waals surface area contributed by atoms with E-state index in [9.17, 15) is 13.2 Å². The zero-order valence-electron chi connectivity index (χ0n) is 12.2. The third-order valence-corrected chi connectivity index (χ3v) is 4.42. The smallest absolute Gasteiger partial charge is 0.261 e. The minimum Gasteiger partial charge on any atom is -0.478 e. The van der Waals surface area contributed by atoms with Gasteiger partial charge in [0.2, 0.25) is 10.0 Å². The molecule has 2 rings (SSSR count). The van der Waals surface area contributed by atoms with E-state index in [-0.39, 0.29) is 12.5 Å². The number of fused-ring (bicyclic) bond motifs is 1. The second kappa shape index (κ2) is 6.34. The summed E-state index contributed by atoms with van der Waals surface area (Å²) in [7, 11) is -3.41. The molecule has 1 aromatic carbocycles. The van der Waals surface area contributed by atoms with Crippen molar-refractivity contribution in [1.82, 2.24) is 5.32 Å². The molecule has 0 spiro atoms. The molecule has 1 heterocycles. The number of benzene rings is 1. The molecule has 0 unspecified atom stereocenters. The number of anilines is 1. The van der Waals surface area contributed by atoms with Crippen molar-refractivity contribution in [3.8, 4) is 5.75 Å². The number of hydrogen-bond donors (Lipinski definition) is 1. The minimum absolute atomic E-state index is 0.206. The molecule has 6 nitrogen and oxygen atoms in total. The van der Waals surface area contributed by atoms with Crippen molar-refractivity contribution in [2.75, 3.05) is 23.7 Å². The van der Waals surface area contributed by atoms with Gasteiger partial charge in [-0.15, -0.1) is 0 Å². The zero-order valence-corrected chi connectivity index (χ0v) is 13.0. The van der Waals surface area contributed by atoms with Crippen LogP contribution in [-0.2, 0) is 14.8 Å². The van der Waals surface area contributed by atoms with E-state index in [1.807, 2.05) is 6.92 Å². The van der Waals surface area contributed by atoms with Gasteiger partial charge >= 0.3 is 0 Å². The van der Waals surface area contributed by atoms with Crippen molar-refractivity contribution in [1.29, 1.82) is 0 Å². The third-order valence-electron chi connectivity index (χ3n) is 3.24. The Morgan fingerprint density at radius 3 is 2.81 bits per heavy atom. The van der Waals surface area contributed by atoms with Crippen molar-refractivity contribution in [3.63, 3.8) is 0 Å². The van der Waals surface area contributed by atoms with Crippen molar-refractivity contribution >= 4 is 21.6 Å². The van der Waals surface area contributed by atoms with Crippen LogP contribution in [0.1, 0.15) is 19.8 Å². The summed E-state index contributed by atoms with van der Waals surface area (Å²) in [5.41, 5.74) is 0.478. The van der Waals surface area contributed by atoms with Crippen LogP contribution in [0.5, 0.6) is 5.75 Å². The van der Waals surface area contributed by atoms with Crippen LogP contribution in [0.4, 0.5) is 5.69 Å². The summed E-state index contributed by atoms with van der Waals surface area (Å²) in [5.74, 6) is 0.207. The van der Waals surface area contributed by atoms with Gasteiger partial charge in [0.15, 0.2) is 6.10 Å². The number of carbonyl (C=O) groups excluding carboxylic acids is 1. The van der Waals surface area contributed by atoms with Gasteiger partial charge in [0.25, 0.3) is 5.91 Å². The summed E-state index contributed by atoms with van der Waals surface area (Å²) in [6, 6.07) is 6.87. The molecule has 0 aromatic heterocycles. The van der Waals surface area contributed by atoms with Crippen LogP contribution in [0.15, 0.2) is 24.3 Å². The normalized spacial score (nSPS) is 18.4. The highest BCUT2D eigenvalue weighted by Crippen LogP contribution is 2.33. The Morgan fingerprint density at radius 2 is 2.14 bits per heavy atom. The van der Waals surface area contributed by atoms with E-state index in [0.29, 0.717) is 24.4 Å². The molecule has 7 heteroatoms. The predicted molar refractivity (Wildman–Crippen MR) is 81.0 cm³/mol. The van der Waals surface area contributed by atoms with Gasteiger partial charge in [-0.05, 0) is 18.6 Å². The monoisotopic (exact) mass is 312 g/mol. The molecule has 0 saturated heterocycles. The van der Waals surface area contributed by atoms with Crippen LogP contribution in [-0.4, -0.2) is 39.8 Å². The van der Waals surface area contributed by atoms with E-state index < -0.39 is 16.1 Å². The van der Waals surface area contributed by atoms with Gasteiger partial charge in [-0.3, -0.25) is 9.10 Å². The van der Waals surface area contributed by atoms with Crippen LogP contribution in [0, 0.1) is 0 Å². The fourth-order valence-electron chi connectivity index (χ4n) is 2.22. The molecule has 0 bridgehead atoms. The lowest BCUT2D eigenvalue weighted by Crippen LogP contribution is -2.40. The second-order valence-corrected chi connectivity index (χ2v) is 6.90. The van der Waals surface area contributed by atoms with Gasteiger partial charge < -0.3 is 10.1 Å². The van der Waals surface area contributed by atoms with E-state index in [2.05, 4.69) is 5.32 Å². The molecule has 116 valence electrons. The maximum Gasteiger partial charge on any atom is 0.261 e. The Balaban J connectivity index is 2.28. The number of ether oxygens (including phenoxy) is 1. The number of carbonyl (C=O) groups is 1. The summed E-state index contributed by atoms with van der Waals surface area (Å²) in [5, 5.41) is 2.78. The number of sulfonamides is 1. The molecule has 0 fully saturated rings. The Labute approximate surface area is 125 Å². The molecule has 21 heavy (non-hydrogen) atoms. The van der Waals surface area contributed by atoms with Gasteiger partial charge in [-0.2, -0.15) is 0 Å². The van der Waals surface area contributed by atoms with Crippen LogP contribution in [0.3, 0.4) is 0 Å². The average molecular weight is 312 g/mol. The number of amides is 1. The summed E-state index contributed by atoms with van der Waals surface area (Å²) in [6.45, 7) is 2.77. The first-order valence-electron chi connectivity index (χ1n) is 6.94. The molecule has 0 saturated carbocycles. The number of rotatable bonds is 4. The highest BCUT2D eigenvalue weighted by atomic mass is 32.2. The molecule has 1 N–H and O–H groups in total. The standard InChI is InChI=1S/C14H20N2O4S/c1-3-9-15-14(17)13-8-10-16(21(2,18)19)11-6-4-5-7-12(11)20-13/h4-7,13H,3,8-10H2,1-2H3,(H,15,17)/t13-/m1/s1. The Morgan fingerprint density at radius 1 is 1.43 bits per heavy atom. The highest BCUT2D eigenvalue weighted by Gasteiger charge is 2.30. The largest absolute Gasteiger partial charge is 0.478 e. The van der Waals surface area contributed by atoms with E-state index in [1.165, 1.54) is 4.31 Å². The molecule has 0 radical (unpaired) electrons. The van der Waals surface area contributed by atoms with Crippen LogP contribution in [0.25, 0.3) is 0 Å². The average Bonchev–Trinajstić information content (AvgIpc) is 2.63. The molecule has 0 aliphatic carbocycles. The van der Waals surface area contributed by atoms with Gasteiger partial charge in [-0.1, -0.05) is 19.1 Å². The first kappa shape index (κ1) is 15.6. The summed E-state index contributed by atoms with van der Waals surface area (Å²) in [4.78, 5) is 12.1. The molecular weight excluding hydrogens is 292 g/mol. The van der Waals surface area contributed by atoms with E-state index in [4.69, 9.17) is 4.74 Å². The summed E-state index contributed by atoms with van der Waals surface area (Å²) >= 11 is 0. The second-order valence-electron chi connectivity index (χ2n) is 4.99. The van der Waals surface area contributed by atoms with Gasteiger partial charge in [0, 0.05) is 19.5 Å². The van der Waals surface area contributed by atoms with Crippen LogP contribution >= 0.6 is 0 Å².